The van der Waals surface area contributed by atoms with E-state index in [4.69, 9.17) is 32.7 Å². The highest BCUT2D eigenvalue weighted by atomic mass is 35.5. The van der Waals surface area contributed by atoms with Crippen LogP contribution in [0.5, 0.6) is 11.5 Å². The summed E-state index contributed by atoms with van der Waals surface area (Å²) in [7, 11) is -2.71. The minimum absolute atomic E-state index is 0.0405. The molecule has 146 valence electrons. The Bertz CT molecular complexity index is 951. The second-order valence-electron chi connectivity index (χ2n) is 5.51. The molecule has 1 aromatic heterocycles. The van der Waals surface area contributed by atoms with Gasteiger partial charge in [-0.15, -0.1) is 4.83 Å². The van der Waals surface area contributed by atoms with Gasteiger partial charge in [-0.25, -0.2) is 13.4 Å². The molecule has 0 unspecified atom stereocenters. The molecule has 0 saturated carbocycles. The van der Waals surface area contributed by atoms with E-state index < -0.39 is 15.9 Å². The van der Waals surface area contributed by atoms with Gasteiger partial charge in [-0.05, 0) is 44.2 Å². The number of carbonyl (C=O) groups is 1. The van der Waals surface area contributed by atoms with Crippen molar-refractivity contribution in [2.45, 2.75) is 24.8 Å². The van der Waals surface area contributed by atoms with Crippen LogP contribution in [-0.2, 0) is 10.0 Å². The van der Waals surface area contributed by atoms with Gasteiger partial charge in [0.25, 0.3) is 15.9 Å². The van der Waals surface area contributed by atoms with Crippen LogP contribution in [0.15, 0.2) is 35.2 Å². The summed E-state index contributed by atoms with van der Waals surface area (Å²) in [5.74, 6) is 0.0961. The molecule has 0 aliphatic heterocycles. The fraction of sp³-hybridized carbons (Fsp3) is 0.250. The smallest absolute Gasteiger partial charge is 0.266 e. The van der Waals surface area contributed by atoms with Crippen LogP contribution in [0.3, 0.4) is 0 Å². The number of nitrogens with zero attached hydrogens (tertiary/aromatic N) is 1. The first kappa shape index (κ1) is 21.2. The van der Waals surface area contributed by atoms with Crippen LogP contribution >= 0.6 is 23.2 Å². The van der Waals surface area contributed by atoms with Crippen molar-refractivity contribution in [3.05, 3.63) is 46.2 Å². The molecule has 0 bridgehead atoms. The molecule has 0 radical (unpaired) electrons. The summed E-state index contributed by atoms with van der Waals surface area (Å²) in [5.41, 5.74) is 2.26. The molecule has 11 heteroatoms. The Hall–Kier alpha value is -2.07. The average Bonchev–Trinajstić information content (AvgIpc) is 2.59. The molecule has 0 spiro atoms. The summed E-state index contributed by atoms with van der Waals surface area (Å²) < 4.78 is 35.3. The molecule has 27 heavy (non-hydrogen) atoms. The number of amides is 1. The van der Waals surface area contributed by atoms with Gasteiger partial charge in [-0.3, -0.25) is 10.2 Å². The Labute approximate surface area is 166 Å². The number of rotatable bonds is 7. The van der Waals surface area contributed by atoms with Gasteiger partial charge in [-0.1, -0.05) is 23.2 Å². The fourth-order valence-electron chi connectivity index (χ4n) is 2.00. The Kier molecular flexibility index (Phi) is 6.88. The average molecular weight is 434 g/mol. The lowest BCUT2D eigenvalue weighted by Gasteiger charge is -2.14. The first-order valence-corrected chi connectivity index (χ1v) is 9.87. The minimum atomic E-state index is -4.14. The van der Waals surface area contributed by atoms with E-state index in [0.717, 1.165) is 0 Å². The van der Waals surface area contributed by atoms with Crippen molar-refractivity contribution in [1.82, 2.24) is 15.2 Å². The molecule has 8 nitrogen and oxygen atoms in total. The van der Waals surface area contributed by atoms with Gasteiger partial charge in [0, 0.05) is 5.56 Å². The van der Waals surface area contributed by atoms with Crippen LogP contribution in [0.25, 0.3) is 0 Å². The largest absolute Gasteiger partial charge is 0.493 e. The third kappa shape index (κ3) is 5.46. The normalized spacial score (nSPS) is 11.3. The molecule has 0 fully saturated rings. The zero-order valence-electron chi connectivity index (χ0n) is 14.6. The second kappa shape index (κ2) is 8.75. The van der Waals surface area contributed by atoms with E-state index in [1.54, 1.807) is 6.07 Å². The molecule has 0 aliphatic rings. The molecule has 1 heterocycles. The van der Waals surface area contributed by atoms with E-state index in [1.807, 2.05) is 18.7 Å². The third-order valence-corrected chi connectivity index (χ3v) is 5.05. The molecule has 2 rings (SSSR count). The Balaban J connectivity index is 2.15. The molecular formula is C16H17Cl2N3O5S. The van der Waals surface area contributed by atoms with E-state index in [2.05, 4.69) is 10.4 Å². The molecule has 2 N–H and O–H groups in total. The monoisotopic (exact) mass is 433 g/mol. The SMILES string of the molecule is COc1cc(C(=O)NNS(=O)(=O)c2ccc(Cl)nc2Cl)ccc1OC(C)C. The quantitative estimate of drug-likeness (QED) is 0.513. The number of halogens is 2. The lowest BCUT2D eigenvalue weighted by atomic mass is 10.2. The third-order valence-electron chi connectivity index (χ3n) is 3.16. The number of methoxy groups -OCH3 is 1. The molecule has 2 aromatic rings. The molecule has 1 aromatic carbocycles. The molecular weight excluding hydrogens is 417 g/mol. The molecule has 1 amide bonds. The van der Waals surface area contributed by atoms with Crippen LogP contribution in [0.1, 0.15) is 24.2 Å². The first-order valence-electron chi connectivity index (χ1n) is 7.63. The number of sulfonamides is 1. The lowest BCUT2D eigenvalue weighted by molar-refractivity contribution is 0.0944. The number of hydrazine groups is 1. The predicted molar refractivity (Wildman–Crippen MR) is 101 cm³/mol. The zero-order valence-corrected chi connectivity index (χ0v) is 16.9. The second-order valence-corrected chi connectivity index (χ2v) is 7.91. The number of nitrogens with one attached hydrogen (secondary N) is 2. The highest BCUT2D eigenvalue weighted by Gasteiger charge is 2.21. The van der Waals surface area contributed by atoms with Crippen LogP contribution < -0.4 is 19.7 Å². The summed E-state index contributed by atoms with van der Waals surface area (Å²) in [4.78, 5) is 17.5. The molecule has 0 saturated heterocycles. The van der Waals surface area contributed by atoms with Crippen LogP contribution in [0, 0.1) is 0 Å². The summed E-state index contributed by atoms with van der Waals surface area (Å²) in [5, 5.41) is -0.278. The number of hydrogen-bond acceptors (Lipinski definition) is 6. The minimum Gasteiger partial charge on any atom is -0.493 e. The number of ether oxygens (including phenoxy) is 2. The summed E-state index contributed by atoms with van der Waals surface area (Å²) in [6.45, 7) is 3.71. The van der Waals surface area contributed by atoms with Crippen molar-refractivity contribution in [3.63, 3.8) is 0 Å². The van der Waals surface area contributed by atoms with Gasteiger partial charge in [0.1, 0.15) is 10.0 Å². The maximum atomic E-state index is 12.3. The Morgan fingerprint density at radius 2 is 1.85 bits per heavy atom. The van der Waals surface area contributed by atoms with Gasteiger partial charge in [-0.2, -0.15) is 0 Å². The highest BCUT2D eigenvalue weighted by Crippen LogP contribution is 2.29. The van der Waals surface area contributed by atoms with Gasteiger partial charge in [0.2, 0.25) is 0 Å². The van der Waals surface area contributed by atoms with E-state index in [0.29, 0.717) is 11.5 Å². The van der Waals surface area contributed by atoms with E-state index in [-0.39, 0.29) is 26.9 Å². The van der Waals surface area contributed by atoms with Crippen molar-refractivity contribution in [1.29, 1.82) is 0 Å². The van der Waals surface area contributed by atoms with Crippen molar-refractivity contribution < 1.29 is 22.7 Å². The van der Waals surface area contributed by atoms with Gasteiger partial charge in [0.05, 0.1) is 13.2 Å². The number of pyridine rings is 1. The topological polar surface area (TPSA) is 107 Å². The maximum Gasteiger partial charge on any atom is 0.266 e. The number of carbonyl (C=O) groups excluding carboxylic acids is 1. The zero-order chi connectivity index (χ0) is 20.2. The van der Waals surface area contributed by atoms with Gasteiger partial charge >= 0.3 is 0 Å². The van der Waals surface area contributed by atoms with Gasteiger partial charge < -0.3 is 9.47 Å². The fourth-order valence-corrected chi connectivity index (χ4v) is 3.50. The van der Waals surface area contributed by atoms with Gasteiger partial charge in [0.15, 0.2) is 16.7 Å². The lowest BCUT2D eigenvalue weighted by Crippen LogP contribution is -2.41. The standard InChI is InChI=1S/C16H17Cl2N3O5S/c1-9(2)26-11-5-4-10(8-12(11)25-3)16(22)20-21-27(23,24)13-6-7-14(17)19-15(13)18/h4-9,21H,1-3H3,(H,20,22). The maximum absolute atomic E-state index is 12.3. The van der Waals surface area contributed by atoms with Crippen LogP contribution in [0.2, 0.25) is 10.3 Å². The summed E-state index contributed by atoms with van der Waals surface area (Å²) in [6.07, 6.45) is -0.0804. The van der Waals surface area contributed by atoms with E-state index in [9.17, 15) is 13.2 Å². The molecule has 0 atom stereocenters. The predicted octanol–water partition coefficient (Wildman–Crippen LogP) is 2.81. The number of benzene rings is 1. The first-order chi connectivity index (χ1) is 12.6. The van der Waals surface area contributed by atoms with Crippen LogP contribution in [0.4, 0.5) is 0 Å². The highest BCUT2D eigenvalue weighted by molar-refractivity contribution is 7.89. The van der Waals surface area contributed by atoms with Crippen molar-refractivity contribution >= 4 is 39.1 Å². The summed E-state index contributed by atoms with van der Waals surface area (Å²) in [6, 6.07) is 6.90. The van der Waals surface area contributed by atoms with Crippen molar-refractivity contribution in [2.24, 2.45) is 0 Å². The van der Waals surface area contributed by atoms with Crippen LogP contribution in [-0.4, -0.2) is 32.5 Å². The van der Waals surface area contributed by atoms with Crippen molar-refractivity contribution in [2.75, 3.05) is 7.11 Å². The van der Waals surface area contributed by atoms with E-state index >= 15 is 0 Å². The summed E-state index contributed by atoms with van der Waals surface area (Å²) >= 11 is 11.4. The number of aromatic nitrogens is 1. The Morgan fingerprint density at radius 3 is 2.44 bits per heavy atom. The number of hydrogen-bond donors (Lipinski definition) is 2. The van der Waals surface area contributed by atoms with E-state index in [1.165, 1.54) is 31.4 Å². The Morgan fingerprint density at radius 1 is 1.15 bits per heavy atom. The molecule has 0 aliphatic carbocycles. The van der Waals surface area contributed by atoms with Crippen molar-refractivity contribution in [3.8, 4) is 11.5 Å².